The molecule has 2 fully saturated rings. The third-order valence-corrected chi connectivity index (χ3v) is 8.36. The average Bonchev–Trinajstić information content (AvgIpc) is 3.47. The number of phenols is 1. The van der Waals surface area contributed by atoms with Crippen LogP contribution in [0.5, 0.6) is 11.5 Å². The van der Waals surface area contributed by atoms with Gasteiger partial charge in [0.05, 0.1) is 25.9 Å². The number of fused-ring (bicyclic) bond motifs is 1. The molecule has 2 aliphatic rings. The van der Waals surface area contributed by atoms with Gasteiger partial charge in [0.1, 0.15) is 17.6 Å². The van der Waals surface area contributed by atoms with E-state index in [1.165, 1.54) is 15.0 Å². The number of rotatable bonds is 6. The lowest BCUT2D eigenvalue weighted by Crippen LogP contribution is -2.40. The van der Waals surface area contributed by atoms with E-state index in [1.54, 1.807) is 20.3 Å². The maximum absolute atomic E-state index is 10.9. The first kappa shape index (κ1) is 21.7. The van der Waals surface area contributed by atoms with Crippen LogP contribution in [-0.4, -0.2) is 43.2 Å². The molecule has 1 saturated carbocycles. The fourth-order valence-corrected chi connectivity index (χ4v) is 6.42. The normalized spacial score (nSPS) is 26.9. The lowest BCUT2D eigenvalue weighted by Gasteiger charge is -2.38. The van der Waals surface area contributed by atoms with Crippen molar-refractivity contribution in [3.05, 3.63) is 58.5 Å². The molecule has 6 heteroatoms. The van der Waals surface area contributed by atoms with Gasteiger partial charge >= 0.3 is 0 Å². The number of hydrogen-bond donors (Lipinski definition) is 2. The number of hydrogen-bond acceptors (Lipinski definition) is 6. The molecule has 2 N–H and O–H groups in total. The van der Waals surface area contributed by atoms with Crippen LogP contribution in [0.15, 0.2) is 42.5 Å². The monoisotopic (exact) mass is 454 g/mol. The van der Waals surface area contributed by atoms with Crippen LogP contribution in [0, 0.1) is 5.92 Å². The molecule has 5 nitrogen and oxygen atoms in total. The highest BCUT2D eigenvalue weighted by Crippen LogP contribution is 2.59. The Kier molecular flexibility index (Phi) is 5.66. The van der Waals surface area contributed by atoms with Crippen LogP contribution in [0.4, 0.5) is 0 Å². The fourth-order valence-electron chi connectivity index (χ4n) is 5.09. The van der Waals surface area contributed by atoms with Gasteiger partial charge in [0.25, 0.3) is 0 Å². The number of thiophene rings is 1. The van der Waals surface area contributed by atoms with E-state index in [4.69, 9.17) is 14.2 Å². The highest BCUT2D eigenvalue weighted by molar-refractivity contribution is 7.19. The Hall–Kier alpha value is -2.12. The highest BCUT2D eigenvalue weighted by Gasteiger charge is 2.50. The number of phenolic OH excluding ortho intramolecular Hbond substituents is 1. The minimum atomic E-state index is -0.699. The van der Waals surface area contributed by atoms with E-state index in [1.807, 2.05) is 24.3 Å². The lowest BCUT2D eigenvalue weighted by molar-refractivity contribution is -0.158. The average molecular weight is 455 g/mol. The first-order valence-corrected chi connectivity index (χ1v) is 12.0. The van der Waals surface area contributed by atoms with E-state index in [9.17, 15) is 10.2 Å². The number of aliphatic hydroxyl groups excluding tert-OH is 1. The summed E-state index contributed by atoms with van der Waals surface area (Å²) in [6.07, 6.45) is 1.34. The SMILES string of the molecule is COCC1CC(C)C(O)C(c2cc(C3(c4cc5ccccc5s4)CC3)c(OC)cc2O)O1. The summed E-state index contributed by atoms with van der Waals surface area (Å²) in [5, 5.41) is 23.1. The number of aliphatic hydroxyl groups is 1. The van der Waals surface area contributed by atoms with E-state index >= 15 is 0 Å². The second kappa shape index (κ2) is 8.34. The van der Waals surface area contributed by atoms with Crippen LogP contribution in [0.3, 0.4) is 0 Å². The Morgan fingerprint density at radius 3 is 2.62 bits per heavy atom. The second-order valence-corrected chi connectivity index (χ2v) is 10.3. The van der Waals surface area contributed by atoms with E-state index in [0.29, 0.717) is 17.9 Å². The van der Waals surface area contributed by atoms with Crippen LogP contribution in [0.1, 0.15) is 48.3 Å². The van der Waals surface area contributed by atoms with Crippen LogP contribution in [0.25, 0.3) is 10.1 Å². The predicted octanol–water partition coefficient (Wildman–Crippen LogP) is 5.17. The summed E-state index contributed by atoms with van der Waals surface area (Å²) in [5.41, 5.74) is 1.54. The Morgan fingerprint density at radius 2 is 1.94 bits per heavy atom. The molecule has 32 heavy (non-hydrogen) atoms. The Bertz CT molecular complexity index is 1090. The maximum atomic E-state index is 10.9. The molecule has 4 atom stereocenters. The summed E-state index contributed by atoms with van der Waals surface area (Å²) < 4.78 is 18.5. The van der Waals surface area contributed by atoms with Gasteiger partial charge in [-0.1, -0.05) is 25.1 Å². The minimum Gasteiger partial charge on any atom is -0.507 e. The number of aromatic hydroxyl groups is 1. The van der Waals surface area contributed by atoms with Gasteiger partial charge in [-0.05, 0) is 48.8 Å². The van der Waals surface area contributed by atoms with Crippen LogP contribution >= 0.6 is 11.3 Å². The van der Waals surface area contributed by atoms with Crippen molar-refractivity contribution in [2.24, 2.45) is 5.92 Å². The van der Waals surface area contributed by atoms with Gasteiger partial charge in [0, 0.05) is 39.3 Å². The molecule has 0 bridgehead atoms. The van der Waals surface area contributed by atoms with Crippen LogP contribution < -0.4 is 4.74 Å². The summed E-state index contributed by atoms with van der Waals surface area (Å²) in [5.74, 6) is 0.802. The van der Waals surface area contributed by atoms with Crippen molar-refractivity contribution < 1.29 is 24.4 Å². The van der Waals surface area contributed by atoms with Crippen LogP contribution in [0.2, 0.25) is 0 Å². The summed E-state index contributed by atoms with van der Waals surface area (Å²) in [7, 11) is 3.29. The molecule has 4 unspecified atom stereocenters. The molecule has 2 heterocycles. The standard InChI is InChI=1S/C26H30O5S/c1-15-10-17(14-29-2)31-25(24(15)28)18-12-19(21(30-3)13-20(18)27)26(8-9-26)23-11-16-6-4-5-7-22(16)32-23/h4-7,11-13,15,17,24-25,27-28H,8-10,14H2,1-3H3. The first-order valence-electron chi connectivity index (χ1n) is 11.2. The number of methoxy groups -OCH3 is 2. The van der Waals surface area contributed by atoms with E-state index in [2.05, 4.69) is 30.3 Å². The van der Waals surface area contributed by atoms with Crippen molar-refractivity contribution in [1.29, 1.82) is 0 Å². The fraction of sp³-hybridized carbons (Fsp3) is 0.462. The summed E-state index contributed by atoms with van der Waals surface area (Å²) in [4.78, 5) is 1.31. The Balaban J connectivity index is 1.58. The molecular formula is C26H30O5S. The molecule has 1 aliphatic carbocycles. The Labute approximate surface area is 192 Å². The summed E-state index contributed by atoms with van der Waals surface area (Å²) in [6, 6.07) is 14.4. The predicted molar refractivity (Wildman–Crippen MR) is 126 cm³/mol. The van der Waals surface area contributed by atoms with Crippen molar-refractivity contribution in [2.75, 3.05) is 20.8 Å². The molecule has 5 rings (SSSR count). The van der Waals surface area contributed by atoms with Crippen molar-refractivity contribution >= 4 is 21.4 Å². The Morgan fingerprint density at radius 1 is 1.16 bits per heavy atom. The summed E-state index contributed by atoms with van der Waals surface area (Å²) >= 11 is 1.82. The third-order valence-electron chi connectivity index (χ3n) is 7.04. The van der Waals surface area contributed by atoms with E-state index < -0.39 is 12.2 Å². The largest absolute Gasteiger partial charge is 0.507 e. The molecule has 0 spiro atoms. The molecule has 1 aliphatic heterocycles. The van der Waals surface area contributed by atoms with Gasteiger partial charge in [-0.25, -0.2) is 0 Å². The van der Waals surface area contributed by atoms with E-state index in [-0.39, 0.29) is 23.2 Å². The van der Waals surface area contributed by atoms with Gasteiger partial charge in [-0.15, -0.1) is 11.3 Å². The van der Waals surface area contributed by atoms with Gasteiger partial charge in [0.15, 0.2) is 0 Å². The van der Waals surface area contributed by atoms with Gasteiger partial charge in [-0.3, -0.25) is 0 Å². The highest BCUT2D eigenvalue weighted by atomic mass is 32.1. The number of benzene rings is 2. The van der Waals surface area contributed by atoms with Gasteiger partial charge in [-0.2, -0.15) is 0 Å². The van der Waals surface area contributed by atoms with Crippen molar-refractivity contribution in [1.82, 2.24) is 0 Å². The van der Waals surface area contributed by atoms with E-state index in [0.717, 1.165) is 24.8 Å². The molecule has 1 saturated heterocycles. The molecular weight excluding hydrogens is 424 g/mol. The quantitative estimate of drug-likeness (QED) is 0.538. The smallest absolute Gasteiger partial charge is 0.126 e. The van der Waals surface area contributed by atoms with Gasteiger partial charge < -0.3 is 24.4 Å². The lowest BCUT2D eigenvalue weighted by atomic mass is 9.84. The molecule has 1 aromatic heterocycles. The molecule has 3 aromatic rings. The molecule has 170 valence electrons. The molecule has 2 aromatic carbocycles. The second-order valence-electron chi connectivity index (χ2n) is 9.18. The third kappa shape index (κ3) is 3.59. The zero-order chi connectivity index (χ0) is 22.5. The number of ether oxygens (including phenoxy) is 3. The first-order chi connectivity index (χ1) is 15.5. The molecule has 0 radical (unpaired) electrons. The zero-order valence-electron chi connectivity index (χ0n) is 18.7. The van der Waals surface area contributed by atoms with Gasteiger partial charge in [0.2, 0.25) is 0 Å². The van der Waals surface area contributed by atoms with Crippen LogP contribution in [-0.2, 0) is 14.9 Å². The molecule has 0 amide bonds. The van der Waals surface area contributed by atoms with Crippen molar-refractivity contribution in [2.45, 2.75) is 49.9 Å². The minimum absolute atomic E-state index is 0.0383. The zero-order valence-corrected chi connectivity index (χ0v) is 19.5. The summed E-state index contributed by atoms with van der Waals surface area (Å²) in [6.45, 7) is 2.48. The topological polar surface area (TPSA) is 68.2 Å². The van der Waals surface area contributed by atoms with Crippen molar-refractivity contribution in [3.63, 3.8) is 0 Å². The van der Waals surface area contributed by atoms with Crippen molar-refractivity contribution in [3.8, 4) is 11.5 Å². The maximum Gasteiger partial charge on any atom is 0.126 e.